The van der Waals surface area contributed by atoms with Crippen molar-refractivity contribution in [2.75, 3.05) is 18.6 Å². The highest BCUT2D eigenvalue weighted by atomic mass is 19.1. The van der Waals surface area contributed by atoms with Gasteiger partial charge in [-0.25, -0.2) is 19.3 Å². The highest BCUT2D eigenvalue weighted by molar-refractivity contribution is 5.45. The second kappa shape index (κ2) is 5.72. The van der Waals surface area contributed by atoms with Crippen LogP contribution >= 0.6 is 0 Å². The van der Waals surface area contributed by atoms with Crippen molar-refractivity contribution < 1.29 is 9.13 Å². The second-order valence-corrected chi connectivity index (χ2v) is 4.94. The standard InChI is InChI=1S/C13H17FN6O/c1-3-9-11(14)13(17-6-15-9)20-5-8(21-2)4-10(20)12-16-7-18-19-12/h6-8,10H,3-5H2,1-2H3,(H,16,18,19)/t8-,10+/m1/s1. The summed E-state index contributed by atoms with van der Waals surface area (Å²) in [6, 6.07) is -0.133. The second-order valence-electron chi connectivity index (χ2n) is 4.94. The zero-order chi connectivity index (χ0) is 14.8. The fraction of sp³-hybridized carbons (Fsp3) is 0.538. The smallest absolute Gasteiger partial charge is 0.187 e. The Bertz CT molecular complexity index is 605. The quantitative estimate of drug-likeness (QED) is 0.914. The van der Waals surface area contributed by atoms with Crippen molar-refractivity contribution in [2.24, 2.45) is 0 Å². The third-order valence-corrected chi connectivity index (χ3v) is 3.80. The molecule has 3 rings (SSSR count). The minimum absolute atomic E-state index is 0.000424. The van der Waals surface area contributed by atoms with E-state index in [0.717, 1.165) is 0 Å². The summed E-state index contributed by atoms with van der Waals surface area (Å²) < 4.78 is 19.9. The minimum Gasteiger partial charge on any atom is -0.380 e. The van der Waals surface area contributed by atoms with Gasteiger partial charge in [-0.2, -0.15) is 5.10 Å². The molecule has 1 saturated heterocycles. The van der Waals surface area contributed by atoms with Crippen LogP contribution in [0.5, 0.6) is 0 Å². The number of H-pyrrole nitrogens is 1. The van der Waals surface area contributed by atoms with Crippen LogP contribution in [0.15, 0.2) is 12.7 Å². The first-order valence-corrected chi connectivity index (χ1v) is 6.88. The van der Waals surface area contributed by atoms with E-state index in [9.17, 15) is 4.39 Å². The van der Waals surface area contributed by atoms with Crippen molar-refractivity contribution in [3.63, 3.8) is 0 Å². The number of anilines is 1. The lowest BCUT2D eigenvalue weighted by atomic mass is 10.2. The van der Waals surface area contributed by atoms with E-state index >= 15 is 0 Å². The molecule has 21 heavy (non-hydrogen) atoms. The SMILES string of the molecule is CCc1ncnc(N2C[C@H](OC)C[C@H]2c2ncn[nH]2)c1F. The van der Waals surface area contributed by atoms with Gasteiger partial charge in [-0.15, -0.1) is 0 Å². The molecule has 0 unspecified atom stereocenters. The maximum Gasteiger partial charge on any atom is 0.187 e. The summed E-state index contributed by atoms with van der Waals surface area (Å²) in [5, 5.41) is 6.72. The molecule has 0 spiro atoms. The molecule has 2 aromatic rings. The Labute approximate surface area is 121 Å². The molecule has 2 atom stereocenters. The van der Waals surface area contributed by atoms with Gasteiger partial charge < -0.3 is 9.64 Å². The molecule has 1 fully saturated rings. The molecule has 3 heterocycles. The van der Waals surface area contributed by atoms with Gasteiger partial charge in [0.05, 0.1) is 17.8 Å². The number of aromatic nitrogens is 5. The van der Waals surface area contributed by atoms with E-state index in [1.807, 2.05) is 11.8 Å². The molecule has 0 amide bonds. The first-order chi connectivity index (χ1) is 10.2. The van der Waals surface area contributed by atoms with E-state index in [-0.39, 0.29) is 18.0 Å². The number of hydrogen-bond donors (Lipinski definition) is 1. The predicted molar refractivity (Wildman–Crippen MR) is 73.3 cm³/mol. The molecule has 1 aliphatic rings. The number of ether oxygens (including phenoxy) is 1. The van der Waals surface area contributed by atoms with Gasteiger partial charge in [0.25, 0.3) is 0 Å². The molecular weight excluding hydrogens is 275 g/mol. The summed E-state index contributed by atoms with van der Waals surface area (Å²) in [7, 11) is 1.65. The number of aromatic amines is 1. The molecule has 2 aromatic heterocycles. The molecular formula is C13H17FN6O. The normalized spacial score (nSPS) is 22.0. The number of nitrogens with zero attached hydrogens (tertiary/aromatic N) is 5. The third kappa shape index (κ3) is 2.46. The first kappa shape index (κ1) is 13.9. The van der Waals surface area contributed by atoms with Gasteiger partial charge in [-0.3, -0.25) is 5.10 Å². The lowest BCUT2D eigenvalue weighted by molar-refractivity contribution is 0.118. The molecule has 1 N–H and O–H groups in total. The van der Waals surface area contributed by atoms with E-state index < -0.39 is 0 Å². The Morgan fingerprint density at radius 1 is 1.38 bits per heavy atom. The summed E-state index contributed by atoms with van der Waals surface area (Å²) in [6.07, 6.45) is 4.07. The van der Waals surface area contributed by atoms with Gasteiger partial charge in [0.1, 0.15) is 18.5 Å². The van der Waals surface area contributed by atoms with Gasteiger partial charge >= 0.3 is 0 Å². The molecule has 0 bridgehead atoms. The number of nitrogens with one attached hydrogen (secondary N) is 1. The molecule has 0 aromatic carbocycles. The molecule has 1 aliphatic heterocycles. The monoisotopic (exact) mass is 292 g/mol. The van der Waals surface area contributed by atoms with Crippen LogP contribution in [0.2, 0.25) is 0 Å². The average molecular weight is 292 g/mol. The Kier molecular flexibility index (Phi) is 3.78. The van der Waals surface area contributed by atoms with Crippen LogP contribution in [0.25, 0.3) is 0 Å². The van der Waals surface area contributed by atoms with Crippen LogP contribution in [0.1, 0.15) is 30.9 Å². The molecule has 7 nitrogen and oxygen atoms in total. The van der Waals surface area contributed by atoms with Gasteiger partial charge in [0, 0.05) is 20.1 Å². The fourth-order valence-electron chi connectivity index (χ4n) is 2.68. The lowest BCUT2D eigenvalue weighted by Gasteiger charge is -2.24. The summed E-state index contributed by atoms with van der Waals surface area (Å²) in [5.41, 5.74) is 0.414. The average Bonchev–Trinajstić information content (AvgIpc) is 3.16. The highest BCUT2D eigenvalue weighted by Gasteiger charge is 2.37. The summed E-state index contributed by atoms with van der Waals surface area (Å²) in [5.74, 6) is 0.606. The summed E-state index contributed by atoms with van der Waals surface area (Å²) in [6.45, 7) is 2.42. The van der Waals surface area contributed by atoms with Gasteiger partial charge in [0.2, 0.25) is 0 Å². The predicted octanol–water partition coefficient (Wildman–Crippen LogP) is 1.26. The topological polar surface area (TPSA) is 79.8 Å². The van der Waals surface area contributed by atoms with E-state index in [1.165, 1.54) is 12.7 Å². The number of hydrogen-bond acceptors (Lipinski definition) is 6. The first-order valence-electron chi connectivity index (χ1n) is 6.88. The van der Waals surface area contributed by atoms with Gasteiger partial charge in [-0.1, -0.05) is 6.92 Å². The fourth-order valence-corrected chi connectivity index (χ4v) is 2.68. The molecule has 0 aliphatic carbocycles. The maximum absolute atomic E-state index is 14.5. The van der Waals surface area contributed by atoms with Crippen molar-refractivity contribution in [1.82, 2.24) is 25.1 Å². The van der Waals surface area contributed by atoms with Crippen LogP contribution in [-0.4, -0.2) is 44.9 Å². The van der Waals surface area contributed by atoms with Crippen molar-refractivity contribution in [2.45, 2.75) is 31.9 Å². The van der Waals surface area contributed by atoms with Crippen LogP contribution in [0.4, 0.5) is 10.2 Å². The van der Waals surface area contributed by atoms with Gasteiger partial charge in [0.15, 0.2) is 11.6 Å². The van der Waals surface area contributed by atoms with Crippen molar-refractivity contribution in [1.29, 1.82) is 0 Å². The van der Waals surface area contributed by atoms with Crippen LogP contribution in [-0.2, 0) is 11.2 Å². The van der Waals surface area contributed by atoms with Crippen molar-refractivity contribution in [3.05, 3.63) is 30.0 Å². The number of methoxy groups -OCH3 is 1. The maximum atomic E-state index is 14.5. The van der Waals surface area contributed by atoms with E-state index in [0.29, 0.717) is 36.7 Å². The molecule has 8 heteroatoms. The minimum atomic E-state index is -0.374. The number of aryl methyl sites for hydroxylation is 1. The Morgan fingerprint density at radius 2 is 2.24 bits per heavy atom. The number of rotatable bonds is 4. The van der Waals surface area contributed by atoms with Crippen molar-refractivity contribution in [3.8, 4) is 0 Å². The third-order valence-electron chi connectivity index (χ3n) is 3.80. The molecule has 112 valence electrons. The largest absolute Gasteiger partial charge is 0.380 e. The van der Waals surface area contributed by atoms with Crippen LogP contribution in [0.3, 0.4) is 0 Å². The summed E-state index contributed by atoms with van der Waals surface area (Å²) in [4.78, 5) is 14.1. The Hall–Kier alpha value is -2.09. The number of halogens is 1. The van der Waals surface area contributed by atoms with Crippen LogP contribution < -0.4 is 4.90 Å². The summed E-state index contributed by atoms with van der Waals surface area (Å²) >= 11 is 0. The Morgan fingerprint density at radius 3 is 2.90 bits per heavy atom. The van der Waals surface area contributed by atoms with E-state index in [2.05, 4.69) is 25.1 Å². The zero-order valence-corrected chi connectivity index (χ0v) is 12.0. The lowest BCUT2D eigenvalue weighted by Crippen LogP contribution is -2.27. The van der Waals surface area contributed by atoms with E-state index in [1.54, 1.807) is 7.11 Å². The molecule has 0 saturated carbocycles. The molecule has 0 radical (unpaired) electrons. The van der Waals surface area contributed by atoms with Crippen LogP contribution in [0, 0.1) is 5.82 Å². The Balaban J connectivity index is 1.98. The van der Waals surface area contributed by atoms with Crippen molar-refractivity contribution >= 4 is 5.82 Å². The van der Waals surface area contributed by atoms with Gasteiger partial charge in [-0.05, 0) is 6.42 Å². The zero-order valence-electron chi connectivity index (χ0n) is 12.0. The van der Waals surface area contributed by atoms with E-state index in [4.69, 9.17) is 4.74 Å². The highest BCUT2D eigenvalue weighted by Crippen LogP contribution is 2.36.